The van der Waals surface area contributed by atoms with E-state index in [1.54, 1.807) is 18.2 Å². The Morgan fingerprint density at radius 3 is 2.35 bits per heavy atom. The van der Waals surface area contributed by atoms with Crippen molar-refractivity contribution < 1.29 is 36.6 Å². The van der Waals surface area contributed by atoms with Gasteiger partial charge in [-0.3, -0.25) is 4.79 Å². The highest BCUT2D eigenvalue weighted by Crippen LogP contribution is 2.37. The predicted molar refractivity (Wildman–Crippen MR) is 130 cm³/mol. The van der Waals surface area contributed by atoms with Crippen molar-refractivity contribution in [3.63, 3.8) is 0 Å². The molecule has 3 aliphatic heterocycles. The van der Waals surface area contributed by atoms with Gasteiger partial charge in [-0.2, -0.15) is 13.1 Å². The molecular weight excluding hydrogens is 508 g/mol. The molecule has 0 radical (unpaired) electrons. The van der Waals surface area contributed by atoms with Crippen LogP contribution in [0.25, 0.3) is 0 Å². The van der Waals surface area contributed by atoms with Crippen LogP contribution in [0.5, 0.6) is 11.5 Å². The number of halogens is 2. The highest BCUT2D eigenvalue weighted by Gasteiger charge is 2.43. The molecular formula is C25H27F2N3O6S. The van der Waals surface area contributed by atoms with E-state index in [4.69, 9.17) is 4.74 Å². The summed E-state index contributed by atoms with van der Waals surface area (Å²) >= 11 is 0. The third-order valence-corrected chi connectivity index (χ3v) is 8.81. The number of nitrogens with zero attached hydrogens (tertiary/aromatic N) is 3. The Labute approximate surface area is 213 Å². The van der Waals surface area contributed by atoms with Crippen LogP contribution in [0.4, 0.5) is 14.5 Å². The summed E-state index contributed by atoms with van der Waals surface area (Å²) in [5, 5.41) is 11.2. The minimum absolute atomic E-state index is 0.0347. The highest BCUT2D eigenvalue weighted by molar-refractivity contribution is 7.89. The number of amides is 1. The number of benzene rings is 2. The Kier molecular flexibility index (Phi) is 6.37. The Morgan fingerprint density at radius 2 is 1.73 bits per heavy atom. The van der Waals surface area contributed by atoms with Gasteiger partial charge in [-0.15, -0.1) is 0 Å². The molecule has 12 heteroatoms. The van der Waals surface area contributed by atoms with E-state index in [2.05, 4.69) is 4.74 Å². The van der Waals surface area contributed by atoms with Gasteiger partial charge in [0.15, 0.2) is 5.60 Å². The molecule has 0 saturated heterocycles. The van der Waals surface area contributed by atoms with Crippen molar-refractivity contribution in [3.8, 4) is 11.5 Å². The number of aliphatic hydroxyl groups is 1. The van der Waals surface area contributed by atoms with Gasteiger partial charge in [-0.25, -0.2) is 8.42 Å². The molecule has 1 amide bonds. The molecule has 1 atom stereocenters. The first-order valence-corrected chi connectivity index (χ1v) is 13.2. The van der Waals surface area contributed by atoms with Gasteiger partial charge in [-0.1, -0.05) is 6.07 Å². The number of fused-ring (bicyclic) bond motifs is 1. The molecule has 3 aliphatic rings. The van der Waals surface area contributed by atoms with Crippen molar-refractivity contribution in [1.82, 2.24) is 9.21 Å². The molecule has 2 aromatic rings. The van der Waals surface area contributed by atoms with E-state index in [-0.39, 0.29) is 36.8 Å². The van der Waals surface area contributed by atoms with Crippen molar-refractivity contribution in [2.45, 2.75) is 24.0 Å². The van der Waals surface area contributed by atoms with Crippen LogP contribution in [0.2, 0.25) is 0 Å². The predicted octanol–water partition coefficient (Wildman–Crippen LogP) is 2.17. The highest BCUT2D eigenvalue weighted by atomic mass is 32.2. The van der Waals surface area contributed by atoms with Crippen molar-refractivity contribution in [2.24, 2.45) is 0 Å². The molecule has 0 fully saturated rings. The van der Waals surface area contributed by atoms with E-state index in [0.717, 1.165) is 16.8 Å². The third-order valence-electron chi connectivity index (χ3n) is 7.00. The zero-order valence-electron chi connectivity index (χ0n) is 20.4. The lowest BCUT2D eigenvalue weighted by Crippen LogP contribution is -2.46. The maximum absolute atomic E-state index is 13.4. The maximum Gasteiger partial charge on any atom is 0.387 e. The van der Waals surface area contributed by atoms with Crippen LogP contribution >= 0.6 is 0 Å². The molecule has 1 N–H and O–H groups in total. The van der Waals surface area contributed by atoms with E-state index < -0.39 is 28.1 Å². The summed E-state index contributed by atoms with van der Waals surface area (Å²) in [5.41, 5.74) is 1.09. The van der Waals surface area contributed by atoms with Crippen LogP contribution in [-0.2, 0) is 20.4 Å². The summed E-state index contributed by atoms with van der Waals surface area (Å²) in [5.74, 6) is 0.0978. The molecule has 37 heavy (non-hydrogen) atoms. The average Bonchev–Trinajstić information content (AvgIpc) is 3.44. The van der Waals surface area contributed by atoms with Gasteiger partial charge in [0, 0.05) is 33.2 Å². The van der Waals surface area contributed by atoms with Gasteiger partial charge in [0.1, 0.15) is 18.1 Å². The molecule has 2 aromatic carbocycles. The van der Waals surface area contributed by atoms with E-state index >= 15 is 0 Å². The first-order valence-electron chi connectivity index (χ1n) is 11.7. The molecule has 0 aromatic heterocycles. The lowest BCUT2D eigenvalue weighted by Gasteiger charge is -2.32. The summed E-state index contributed by atoms with van der Waals surface area (Å²) in [6.45, 7) is 0.373. The minimum Gasteiger partial charge on any atom is -0.490 e. The largest absolute Gasteiger partial charge is 0.490 e. The van der Waals surface area contributed by atoms with E-state index in [9.17, 15) is 27.1 Å². The fourth-order valence-electron chi connectivity index (χ4n) is 4.89. The van der Waals surface area contributed by atoms with E-state index in [1.807, 2.05) is 11.9 Å². The fraction of sp³-hybridized carbons (Fsp3) is 0.400. The zero-order valence-corrected chi connectivity index (χ0v) is 21.2. The maximum atomic E-state index is 13.4. The first kappa shape index (κ1) is 25.4. The number of sulfonamides is 1. The van der Waals surface area contributed by atoms with Gasteiger partial charge in [0.25, 0.3) is 5.91 Å². The number of hydrogen-bond acceptors (Lipinski definition) is 7. The Hall–Kier alpha value is -3.22. The summed E-state index contributed by atoms with van der Waals surface area (Å²) in [7, 11) is -1.95. The first-order chi connectivity index (χ1) is 17.5. The van der Waals surface area contributed by atoms with Crippen LogP contribution in [0.1, 0.15) is 12.5 Å². The summed E-state index contributed by atoms with van der Waals surface area (Å²) in [6, 6.07) is 10.0. The average molecular weight is 536 g/mol. The zero-order chi connectivity index (χ0) is 26.5. The number of anilines is 1. The molecule has 0 saturated carbocycles. The van der Waals surface area contributed by atoms with Gasteiger partial charge in [-0.05, 0) is 60.0 Å². The SMILES string of the molecule is CN1CCOc2ccc([C@@](C)(O)C(=O)N3CC4=C(C3)CN(S(=O)(=O)c3ccc(OC(F)F)cc3)C4)cc21. The van der Waals surface area contributed by atoms with Gasteiger partial charge >= 0.3 is 6.61 Å². The van der Waals surface area contributed by atoms with Crippen LogP contribution in [0, 0.1) is 0 Å². The fourth-order valence-corrected chi connectivity index (χ4v) is 6.32. The van der Waals surface area contributed by atoms with Crippen molar-refractivity contribution in [3.05, 3.63) is 59.2 Å². The summed E-state index contributed by atoms with van der Waals surface area (Å²) < 4.78 is 62.1. The number of rotatable bonds is 6. The molecule has 0 spiro atoms. The molecule has 3 heterocycles. The second kappa shape index (κ2) is 9.26. The van der Waals surface area contributed by atoms with Crippen molar-refractivity contribution in [2.75, 3.05) is 51.3 Å². The number of likely N-dealkylation sites (N-methyl/N-ethyl adjacent to an activating group) is 1. The van der Waals surface area contributed by atoms with E-state index in [0.29, 0.717) is 24.5 Å². The summed E-state index contributed by atoms with van der Waals surface area (Å²) in [4.78, 5) is 16.9. The van der Waals surface area contributed by atoms with Gasteiger partial charge < -0.3 is 24.4 Å². The quantitative estimate of drug-likeness (QED) is 0.566. The van der Waals surface area contributed by atoms with Crippen LogP contribution in [-0.4, -0.2) is 81.6 Å². The monoisotopic (exact) mass is 535 g/mol. The Bertz CT molecular complexity index is 1340. The standard InChI is InChI=1S/C25H27F2N3O6S/c1-25(32,18-3-8-22-21(11-18)28(2)9-10-35-22)23(31)29-12-16-14-30(15-17(16)13-29)37(33,34)20-6-4-19(5-7-20)36-24(26)27/h3-8,11,24,32H,9-10,12-15H2,1-2H3/t25-/m1/s1. The molecule has 9 nitrogen and oxygen atoms in total. The van der Waals surface area contributed by atoms with Crippen molar-refractivity contribution >= 4 is 21.6 Å². The smallest absolute Gasteiger partial charge is 0.387 e. The van der Waals surface area contributed by atoms with Crippen LogP contribution in [0.3, 0.4) is 0 Å². The molecule has 0 bridgehead atoms. The normalized spacial score (nSPS) is 19.5. The van der Waals surface area contributed by atoms with Crippen LogP contribution < -0.4 is 14.4 Å². The van der Waals surface area contributed by atoms with Gasteiger partial charge in [0.05, 0.1) is 17.1 Å². The second-order valence-electron chi connectivity index (χ2n) is 9.52. The topological polar surface area (TPSA) is 99.6 Å². The molecule has 5 rings (SSSR count). The number of carbonyl (C=O) groups is 1. The third kappa shape index (κ3) is 4.64. The number of ether oxygens (including phenoxy) is 2. The molecule has 198 valence electrons. The lowest BCUT2D eigenvalue weighted by molar-refractivity contribution is -0.149. The van der Waals surface area contributed by atoms with Crippen LogP contribution in [0.15, 0.2) is 58.5 Å². The minimum atomic E-state index is -3.87. The molecule has 0 aliphatic carbocycles. The number of carbonyl (C=O) groups excluding carboxylic acids is 1. The molecule has 0 unspecified atom stereocenters. The number of alkyl halides is 2. The number of hydrogen-bond donors (Lipinski definition) is 1. The Morgan fingerprint density at radius 1 is 1.08 bits per heavy atom. The second-order valence-corrected chi connectivity index (χ2v) is 11.5. The summed E-state index contributed by atoms with van der Waals surface area (Å²) in [6.07, 6.45) is 0. The van der Waals surface area contributed by atoms with E-state index in [1.165, 1.54) is 40.4 Å². The Balaban J connectivity index is 1.25. The van der Waals surface area contributed by atoms with Crippen molar-refractivity contribution in [1.29, 1.82) is 0 Å². The van der Waals surface area contributed by atoms with Gasteiger partial charge in [0.2, 0.25) is 10.0 Å². The lowest BCUT2D eigenvalue weighted by atomic mass is 9.93.